The van der Waals surface area contributed by atoms with Crippen molar-refractivity contribution in [2.45, 2.75) is 6.61 Å². The highest BCUT2D eigenvalue weighted by atomic mass is 19.1. The van der Waals surface area contributed by atoms with Crippen LogP contribution < -0.4 is 10.1 Å². The predicted molar refractivity (Wildman–Crippen MR) is 87.2 cm³/mol. The maximum atomic E-state index is 12.9. The Bertz CT molecular complexity index is 857. The first kappa shape index (κ1) is 15.4. The van der Waals surface area contributed by atoms with Crippen molar-refractivity contribution in [2.24, 2.45) is 0 Å². The minimum absolute atomic E-state index is 0.261. The van der Waals surface area contributed by atoms with Gasteiger partial charge in [0.1, 0.15) is 24.2 Å². The number of nitrogens with one attached hydrogen (secondary N) is 1. The average Bonchev–Trinajstić information content (AvgIpc) is 2.62. The maximum absolute atomic E-state index is 12.9. The lowest BCUT2D eigenvalue weighted by atomic mass is 10.2. The van der Waals surface area contributed by atoms with Crippen LogP contribution in [0.4, 0.5) is 15.9 Å². The largest absolute Gasteiger partial charge is 0.489 e. The molecule has 3 rings (SSSR count). The lowest BCUT2D eigenvalue weighted by Crippen LogP contribution is -1.98. The van der Waals surface area contributed by atoms with Gasteiger partial charge in [-0.15, -0.1) is 10.2 Å². The predicted octanol–water partition coefficient (Wildman–Crippen LogP) is 3.81. The number of nitriles is 1. The molecular formula is C18H13FN4O. The smallest absolute Gasteiger partial charge is 0.163 e. The highest BCUT2D eigenvalue weighted by molar-refractivity contribution is 5.57. The number of halogens is 1. The van der Waals surface area contributed by atoms with Gasteiger partial charge in [0.25, 0.3) is 0 Å². The van der Waals surface area contributed by atoms with Crippen molar-refractivity contribution in [2.75, 3.05) is 5.32 Å². The van der Waals surface area contributed by atoms with Crippen LogP contribution in [0.1, 0.15) is 11.3 Å². The van der Waals surface area contributed by atoms with Crippen LogP contribution in [0.15, 0.2) is 60.7 Å². The molecule has 0 radical (unpaired) electrons. The van der Waals surface area contributed by atoms with Gasteiger partial charge in [-0.2, -0.15) is 5.26 Å². The van der Waals surface area contributed by atoms with E-state index in [4.69, 9.17) is 10.00 Å². The number of hydrogen-bond acceptors (Lipinski definition) is 5. The number of anilines is 2. The van der Waals surface area contributed by atoms with Crippen molar-refractivity contribution in [1.82, 2.24) is 10.2 Å². The zero-order valence-corrected chi connectivity index (χ0v) is 12.6. The Balaban J connectivity index is 1.65. The summed E-state index contributed by atoms with van der Waals surface area (Å²) in [5, 5.41) is 19.5. The van der Waals surface area contributed by atoms with Gasteiger partial charge in [-0.1, -0.05) is 18.2 Å². The van der Waals surface area contributed by atoms with E-state index < -0.39 is 0 Å². The van der Waals surface area contributed by atoms with Crippen LogP contribution in [0.3, 0.4) is 0 Å². The zero-order chi connectivity index (χ0) is 16.8. The summed E-state index contributed by atoms with van der Waals surface area (Å²) in [6, 6.07) is 18.7. The molecule has 24 heavy (non-hydrogen) atoms. The van der Waals surface area contributed by atoms with Crippen LogP contribution in [0, 0.1) is 17.1 Å². The van der Waals surface area contributed by atoms with Gasteiger partial charge in [0.2, 0.25) is 0 Å². The van der Waals surface area contributed by atoms with Crippen LogP contribution in [0.25, 0.3) is 0 Å². The fourth-order valence-electron chi connectivity index (χ4n) is 2.02. The quantitative estimate of drug-likeness (QED) is 0.774. The number of ether oxygens (including phenoxy) is 1. The zero-order valence-electron chi connectivity index (χ0n) is 12.6. The second kappa shape index (κ2) is 7.20. The van der Waals surface area contributed by atoms with E-state index in [2.05, 4.69) is 15.5 Å². The van der Waals surface area contributed by atoms with Crippen LogP contribution >= 0.6 is 0 Å². The van der Waals surface area contributed by atoms with Crippen LogP contribution in [-0.4, -0.2) is 10.2 Å². The molecule has 0 bridgehead atoms. The summed E-state index contributed by atoms with van der Waals surface area (Å²) < 4.78 is 18.6. The Morgan fingerprint density at radius 1 is 1.04 bits per heavy atom. The molecule has 118 valence electrons. The minimum Gasteiger partial charge on any atom is -0.489 e. The minimum atomic E-state index is -0.270. The number of hydrogen-bond donors (Lipinski definition) is 1. The molecule has 0 aliphatic rings. The lowest BCUT2D eigenvalue weighted by molar-refractivity contribution is 0.306. The van der Waals surface area contributed by atoms with Gasteiger partial charge in [0.15, 0.2) is 11.5 Å². The molecular weight excluding hydrogens is 307 g/mol. The third-order valence-electron chi connectivity index (χ3n) is 3.20. The molecule has 6 heteroatoms. The van der Waals surface area contributed by atoms with Gasteiger partial charge in [0.05, 0.1) is 0 Å². The van der Waals surface area contributed by atoms with Crippen LogP contribution in [0.5, 0.6) is 5.75 Å². The Morgan fingerprint density at radius 3 is 2.58 bits per heavy atom. The lowest BCUT2D eigenvalue weighted by Gasteiger charge is -2.09. The molecule has 1 N–H and O–H groups in total. The van der Waals surface area contributed by atoms with Crippen molar-refractivity contribution < 1.29 is 9.13 Å². The number of rotatable bonds is 5. The molecule has 0 saturated carbocycles. The monoisotopic (exact) mass is 320 g/mol. The Labute approximate surface area is 138 Å². The first-order chi connectivity index (χ1) is 11.7. The van der Waals surface area contributed by atoms with Gasteiger partial charge in [-0.3, -0.25) is 0 Å². The topological polar surface area (TPSA) is 70.8 Å². The molecule has 0 unspecified atom stereocenters. The number of aromatic nitrogens is 2. The van der Waals surface area contributed by atoms with Gasteiger partial charge in [-0.05, 0) is 42.0 Å². The van der Waals surface area contributed by atoms with Crippen LogP contribution in [0.2, 0.25) is 0 Å². The first-order valence-corrected chi connectivity index (χ1v) is 7.21. The Kier molecular flexibility index (Phi) is 4.63. The molecule has 0 aliphatic heterocycles. The van der Waals surface area contributed by atoms with Crippen molar-refractivity contribution in [1.29, 1.82) is 5.26 Å². The fourth-order valence-corrected chi connectivity index (χ4v) is 2.02. The van der Waals surface area contributed by atoms with Crippen LogP contribution in [-0.2, 0) is 6.61 Å². The highest BCUT2D eigenvalue weighted by Gasteiger charge is 2.01. The van der Waals surface area contributed by atoms with E-state index in [0.29, 0.717) is 18.2 Å². The molecule has 1 aromatic heterocycles. The summed E-state index contributed by atoms with van der Waals surface area (Å²) in [7, 11) is 0. The van der Waals surface area contributed by atoms with Crippen molar-refractivity contribution in [3.63, 3.8) is 0 Å². The molecule has 0 fully saturated rings. The molecule has 0 amide bonds. The Hall–Kier alpha value is -3.46. The van der Waals surface area contributed by atoms with Crippen molar-refractivity contribution in [3.8, 4) is 11.8 Å². The van der Waals surface area contributed by atoms with E-state index in [1.54, 1.807) is 24.3 Å². The normalized spacial score (nSPS) is 10.0. The summed E-state index contributed by atoms with van der Waals surface area (Å²) in [6.07, 6.45) is 0. The van der Waals surface area contributed by atoms with E-state index >= 15 is 0 Å². The summed E-state index contributed by atoms with van der Waals surface area (Å²) in [6.45, 7) is 0.348. The van der Waals surface area contributed by atoms with Crippen molar-refractivity contribution in [3.05, 3.63) is 77.7 Å². The third-order valence-corrected chi connectivity index (χ3v) is 3.20. The molecule has 0 atom stereocenters. The third kappa shape index (κ3) is 4.05. The average molecular weight is 320 g/mol. The van der Waals surface area contributed by atoms with Gasteiger partial charge in [-0.25, -0.2) is 4.39 Å². The molecule has 0 saturated heterocycles. The highest BCUT2D eigenvalue weighted by Crippen LogP contribution is 2.21. The molecule has 5 nitrogen and oxygen atoms in total. The summed E-state index contributed by atoms with van der Waals surface area (Å²) in [4.78, 5) is 0. The second-order valence-electron chi connectivity index (χ2n) is 4.98. The number of benzene rings is 2. The van der Waals surface area contributed by atoms with Gasteiger partial charge in [0, 0.05) is 11.8 Å². The fraction of sp³-hybridized carbons (Fsp3) is 0.0556. The standard InChI is InChI=1S/C18H13FN4O/c19-14-6-4-13(5-7-14)12-24-17-3-1-2-15(10-17)21-18-9-8-16(11-20)22-23-18/h1-10H,12H2,(H,21,23). The second-order valence-corrected chi connectivity index (χ2v) is 4.98. The van der Waals surface area contributed by atoms with E-state index in [9.17, 15) is 4.39 Å². The SMILES string of the molecule is N#Cc1ccc(Nc2cccc(OCc3ccc(F)cc3)c2)nn1. The van der Waals surface area contributed by atoms with E-state index in [-0.39, 0.29) is 11.5 Å². The molecule has 2 aromatic carbocycles. The Morgan fingerprint density at radius 2 is 1.88 bits per heavy atom. The van der Waals surface area contributed by atoms with Gasteiger partial charge >= 0.3 is 0 Å². The molecule has 0 aliphatic carbocycles. The first-order valence-electron chi connectivity index (χ1n) is 7.21. The molecule has 1 heterocycles. The summed E-state index contributed by atoms with van der Waals surface area (Å²) in [5.74, 6) is 0.934. The van der Waals surface area contributed by atoms with E-state index in [1.165, 1.54) is 12.1 Å². The van der Waals surface area contributed by atoms with Gasteiger partial charge < -0.3 is 10.1 Å². The molecule has 0 spiro atoms. The van der Waals surface area contributed by atoms with Crippen molar-refractivity contribution >= 4 is 11.5 Å². The maximum Gasteiger partial charge on any atom is 0.163 e. The summed E-state index contributed by atoms with van der Waals surface area (Å²) in [5.41, 5.74) is 1.93. The summed E-state index contributed by atoms with van der Waals surface area (Å²) >= 11 is 0. The number of nitrogens with zero attached hydrogens (tertiary/aromatic N) is 3. The van der Waals surface area contributed by atoms with E-state index in [0.717, 1.165) is 11.3 Å². The van der Waals surface area contributed by atoms with E-state index in [1.807, 2.05) is 30.3 Å². The molecule has 3 aromatic rings.